The van der Waals surface area contributed by atoms with Gasteiger partial charge < -0.3 is 5.32 Å². The Hall–Kier alpha value is -1.82. The Kier molecular flexibility index (Phi) is 4.13. The summed E-state index contributed by atoms with van der Waals surface area (Å²) < 4.78 is 40.1. The van der Waals surface area contributed by atoms with Crippen molar-refractivity contribution in [1.29, 1.82) is 0 Å². The molecule has 0 bridgehead atoms. The molecule has 0 aliphatic carbocycles. The predicted octanol–water partition coefficient (Wildman–Crippen LogP) is 3.23. The summed E-state index contributed by atoms with van der Waals surface area (Å²) in [4.78, 5) is 0. The summed E-state index contributed by atoms with van der Waals surface area (Å²) in [5, 5.41) is 7.20. The fourth-order valence-corrected chi connectivity index (χ4v) is 2.23. The lowest BCUT2D eigenvalue weighted by Crippen LogP contribution is -2.22. The maximum Gasteiger partial charge on any atom is 0.416 e. The Bertz CT molecular complexity index is 575. The van der Waals surface area contributed by atoms with Crippen LogP contribution in [0.1, 0.15) is 29.8 Å². The van der Waals surface area contributed by atoms with Crippen molar-refractivity contribution in [3.05, 3.63) is 53.3 Å². The van der Waals surface area contributed by atoms with Crippen molar-refractivity contribution in [3.8, 4) is 0 Å². The van der Waals surface area contributed by atoms with E-state index in [1.165, 1.54) is 12.1 Å². The van der Waals surface area contributed by atoms with E-state index in [4.69, 9.17) is 0 Å². The Morgan fingerprint density at radius 1 is 1.30 bits per heavy atom. The van der Waals surface area contributed by atoms with Crippen LogP contribution < -0.4 is 5.32 Å². The third-order valence-electron chi connectivity index (χ3n) is 3.18. The van der Waals surface area contributed by atoms with Crippen molar-refractivity contribution in [3.63, 3.8) is 0 Å². The minimum atomic E-state index is -4.33. The van der Waals surface area contributed by atoms with Gasteiger partial charge in [0, 0.05) is 12.7 Å². The molecule has 3 nitrogen and oxygen atoms in total. The van der Waals surface area contributed by atoms with Crippen LogP contribution in [0.15, 0.2) is 36.5 Å². The lowest BCUT2D eigenvalue weighted by Gasteiger charge is -2.19. The number of benzene rings is 1. The standard InChI is InChI=1S/C14H16F3N3/c1-3-20-12(7-8-19-20)13(18-2)10-5-4-6-11(9-10)14(15,16)17/h4-9,13,18H,3H2,1-2H3. The highest BCUT2D eigenvalue weighted by atomic mass is 19.4. The molecule has 0 aliphatic heterocycles. The van der Waals surface area contributed by atoms with Crippen molar-refractivity contribution >= 4 is 0 Å². The van der Waals surface area contributed by atoms with Gasteiger partial charge in [-0.05, 0) is 37.7 Å². The first-order valence-corrected chi connectivity index (χ1v) is 6.33. The minimum Gasteiger partial charge on any atom is -0.308 e. The lowest BCUT2D eigenvalue weighted by atomic mass is 10.0. The number of rotatable bonds is 4. The number of aromatic nitrogens is 2. The Morgan fingerprint density at radius 2 is 2.05 bits per heavy atom. The average Bonchev–Trinajstić information content (AvgIpc) is 2.87. The molecule has 1 aromatic heterocycles. The molecule has 108 valence electrons. The highest BCUT2D eigenvalue weighted by molar-refractivity contribution is 5.32. The third kappa shape index (κ3) is 2.85. The lowest BCUT2D eigenvalue weighted by molar-refractivity contribution is -0.137. The second-order valence-corrected chi connectivity index (χ2v) is 4.42. The van der Waals surface area contributed by atoms with Crippen LogP contribution in [0, 0.1) is 0 Å². The van der Waals surface area contributed by atoms with E-state index in [2.05, 4.69) is 10.4 Å². The zero-order valence-corrected chi connectivity index (χ0v) is 11.3. The molecule has 0 fully saturated rings. The third-order valence-corrected chi connectivity index (χ3v) is 3.18. The molecule has 0 saturated carbocycles. The SMILES string of the molecule is CCn1nccc1C(NC)c1cccc(C(F)(F)F)c1. The molecule has 2 rings (SSSR count). The zero-order valence-electron chi connectivity index (χ0n) is 11.3. The van der Waals surface area contributed by atoms with E-state index in [0.29, 0.717) is 12.1 Å². The Labute approximate surface area is 115 Å². The number of halogens is 3. The van der Waals surface area contributed by atoms with E-state index in [-0.39, 0.29) is 6.04 Å². The second-order valence-electron chi connectivity index (χ2n) is 4.42. The first-order chi connectivity index (χ1) is 9.47. The first-order valence-electron chi connectivity index (χ1n) is 6.33. The number of hydrogen-bond acceptors (Lipinski definition) is 2. The van der Waals surface area contributed by atoms with Crippen LogP contribution in [0.3, 0.4) is 0 Å². The molecule has 0 saturated heterocycles. The largest absolute Gasteiger partial charge is 0.416 e. The van der Waals surface area contributed by atoms with Gasteiger partial charge in [-0.25, -0.2) is 0 Å². The van der Waals surface area contributed by atoms with Crippen LogP contribution in [0.2, 0.25) is 0 Å². The molecule has 2 aromatic rings. The van der Waals surface area contributed by atoms with Crippen molar-refractivity contribution in [2.75, 3.05) is 7.05 Å². The number of alkyl halides is 3. The number of nitrogens with zero attached hydrogens (tertiary/aromatic N) is 2. The van der Waals surface area contributed by atoms with E-state index in [9.17, 15) is 13.2 Å². The van der Waals surface area contributed by atoms with Crippen molar-refractivity contribution < 1.29 is 13.2 Å². The van der Waals surface area contributed by atoms with E-state index in [0.717, 1.165) is 11.8 Å². The molecular formula is C14H16F3N3. The molecule has 0 radical (unpaired) electrons. The van der Waals surface area contributed by atoms with E-state index >= 15 is 0 Å². The summed E-state index contributed by atoms with van der Waals surface area (Å²) in [5.74, 6) is 0. The maximum absolute atomic E-state index is 12.8. The van der Waals surface area contributed by atoms with E-state index in [1.54, 1.807) is 24.0 Å². The Morgan fingerprint density at radius 3 is 2.65 bits per heavy atom. The fraction of sp³-hybridized carbons (Fsp3) is 0.357. The van der Waals surface area contributed by atoms with Gasteiger partial charge in [0.25, 0.3) is 0 Å². The Balaban J connectivity index is 2.43. The maximum atomic E-state index is 12.8. The van der Waals surface area contributed by atoms with Crippen LogP contribution >= 0.6 is 0 Å². The van der Waals surface area contributed by atoms with Crippen LogP contribution in [-0.4, -0.2) is 16.8 Å². The second kappa shape index (κ2) is 5.66. The molecule has 1 N–H and O–H groups in total. The zero-order chi connectivity index (χ0) is 14.8. The average molecular weight is 283 g/mol. The number of hydrogen-bond donors (Lipinski definition) is 1. The van der Waals surface area contributed by atoms with Gasteiger partial charge in [0.05, 0.1) is 17.3 Å². The number of aryl methyl sites for hydroxylation is 1. The van der Waals surface area contributed by atoms with Gasteiger partial charge in [0.2, 0.25) is 0 Å². The molecule has 1 heterocycles. The molecule has 6 heteroatoms. The highest BCUT2D eigenvalue weighted by Gasteiger charge is 2.31. The van der Waals surface area contributed by atoms with Crippen molar-refractivity contribution in [2.24, 2.45) is 0 Å². The summed E-state index contributed by atoms with van der Waals surface area (Å²) in [7, 11) is 1.72. The van der Waals surface area contributed by atoms with Crippen LogP contribution in [0.4, 0.5) is 13.2 Å². The van der Waals surface area contributed by atoms with Gasteiger partial charge in [-0.2, -0.15) is 18.3 Å². The summed E-state index contributed by atoms with van der Waals surface area (Å²) >= 11 is 0. The van der Waals surface area contributed by atoms with Crippen LogP contribution in [-0.2, 0) is 12.7 Å². The minimum absolute atomic E-state index is 0.320. The summed E-state index contributed by atoms with van der Waals surface area (Å²) in [5.41, 5.74) is 0.768. The summed E-state index contributed by atoms with van der Waals surface area (Å²) in [6, 6.07) is 6.85. The van der Waals surface area contributed by atoms with Gasteiger partial charge in [-0.1, -0.05) is 12.1 Å². The highest BCUT2D eigenvalue weighted by Crippen LogP contribution is 2.32. The van der Waals surface area contributed by atoms with E-state index in [1.807, 2.05) is 13.0 Å². The van der Waals surface area contributed by atoms with Gasteiger partial charge >= 0.3 is 6.18 Å². The quantitative estimate of drug-likeness (QED) is 0.933. The molecule has 0 aliphatic rings. The predicted molar refractivity (Wildman–Crippen MR) is 70.2 cm³/mol. The van der Waals surface area contributed by atoms with Crippen molar-refractivity contribution in [1.82, 2.24) is 15.1 Å². The van der Waals surface area contributed by atoms with Crippen LogP contribution in [0.5, 0.6) is 0 Å². The fourth-order valence-electron chi connectivity index (χ4n) is 2.23. The topological polar surface area (TPSA) is 29.9 Å². The number of nitrogens with one attached hydrogen (secondary N) is 1. The van der Waals surface area contributed by atoms with Crippen molar-refractivity contribution in [2.45, 2.75) is 25.7 Å². The van der Waals surface area contributed by atoms with Gasteiger partial charge in [-0.15, -0.1) is 0 Å². The van der Waals surface area contributed by atoms with E-state index < -0.39 is 11.7 Å². The van der Waals surface area contributed by atoms with Gasteiger partial charge in [-0.3, -0.25) is 4.68 Å². The summed E-state index contributed by atoms with van der Waals surface area (Å²) in [6.45, 7) is 2.61. The monoisotopic (exact) mass is 283 g/mol. The molecule has 0 amide bonds. The van der Waals surface area contributed by atoms with Gasteiger partial charge in [0.15, 0.2) is 0 Å². The first kappa shape index (κ1) is 14.6. The van der Waals surface area contributed by atoms with Crippen LogP contribution in [0.25, 0.3) is 0 Å². The molecule has 1 atom stereocenters. The summed E-state index contributed by atoms with van der Waals surface area (Å²) in [6.07, 6.45) is -2.68. The molecule has 0 spiro atoms. The van der Waals surface area contributed by atoms with Gasteiger partial charge in [0.1, 0.15) is 0 Å². The normalized spacial score (nSPS) is 13.4. The molecular weight excluding hydrogens is 267 g/mol. The molecule has 1 unspecified atom stereocenters. The smallest absolute Gasteiger partial charge is 0.308 e. The molecule has 20 heavy (non-hydrogen) atoms. The molecule has 1 aromatic carbocycles.